The molecule has 0 amide bonds. The molecule has 0 spiro atoms. The number of rotatable bonds is 4. The minimum absolute atomic E-state index is 0.209. The van der Waals surface area contributed by atoms with Gasteiger partial charge < -0.3 is 5.32 Å². The van der Waals surface area contributed by atoms with Gasteiger partial charge in [-0.15, -0.1) is 0 Å². The quantitative estimate of drug-likeness (QED) is 0.282. The number of hydrogen-bond donors (Lipinski definition) is 1. The van der Waals surface area contributed by atoms with Gasteiger partial charge >= 0.3 is 0 Å². The average Bonchev–Trinajstić information content (AvgIpc) is 3.53. The minimum Gasteiger partial charge on any atom is -0.354 e. The summed E-state index contributed by atoms with van der Waals surface area (Å²) >= 11 is 0. The van der Waals surface area contributed by atoms with Crippen LogP contribution in [0.25, 0.3) is 22.1 Å². The van der Waals surface area contributed by atoms with Crippen molar-refractivity contribution in [3.8, 4) is 0 Å². The van der Waals surface area contributed by atoms with Crippen LogP contribution in [0.15, 0.2) is 85.5 Å². The van der Waals surface area contributed by atoms with E-state index in [1.807, 2.05) is 88.4 Å². The molecule has 0 radical (unpaired) electrons. The van der Waals surface area contributed by atoms with Crippen LogP contribution >= 0.6 is 0 Å². The summed E-state index contributed by atoms with van der Waals surface area (Å²) in [4.78, 5) is 36.4. The van der Waals surface area contributed by atoms with E-state index in [1.54, 1.807) is 33.9 Å². The molecule has 6 aromatic rings. The maximum absolute atomic E-state index is 13.7. The zero-order valence-corrected chi connectivity index (χ0v) is 22.2. The number of nitrogens with zero attached hydrogens (tertiary/aromatic N) is 4. The Kier molecular flexibility index (Phi) is 5.84. The Bertz CT molecular complexity index is 1790. The Morgan fingerprint density at radius 1 is 0.590 bits per heavy atom. The van der Waals surface area contributed by atoms with Crippen molar-refractivity contribution in [2.75, 3.05) is 5.32 Å². The maximum atomic E-state index is 13.7. The van der Waals surface area contributed by atoms with Gasteiger partial charge in [0.25, 0.3) is 11.8 Å². The van der Waals surface area contributed by atoms with Crippen LogP contribution in [0.4, 0.5) is 11.4 Å². The third-order valence-corrected chi connectivity index (χ3v) is 7.35. The summed E-state index contributed by atoms with van der Waals surface area (Å²) in [5, 5.41) is 3.35. The highest BCUT2D eigenvalue weighted by Gasteiger charge is 2.20. The minimum atomic E-state index is -0.209. The van der Waals surface area contributed by atoms with Crippen molar-refractivity contribution in [2.45, 2.75) is 27.7 Å². The fourth-order valence-corrected chi connectivity index (χ4v) is 4.81. The molecule has 0 aliphatic heterocycles. The van der Waals surface area contributed by atoms with Gasteiger partial charge in [-0.05, 0) is 98.5 Å². The molecule has 7 nitrogen and oxygen atoms in total. The van der Waals surface area contributed by atoms with E-state index in [2.05, 4.69) is 15.3 Å². The Morgan fingerprint density at radius 2 is 0.974 bits per heavy atom. The molecule has 2 heterocycles. The molecule has 0 unspecified atom stereocenters. The summed E-state index contributed by atoms with van der Waals surface area (Å²) < 4.78 is 3.14. The van der Waals surface area contributed by atoms with Crippen LogP contribution in [0.3, 0.4) is 0 Å². The molecule has 7 heteroatoms. The number of carbonyl (C=O) groups excluding carboxylic acids is 2. The lowest BCUT2D eigenvalue weighted by Gasteiger charge is -2.15. The molecule has 192 valence electrons. The van der Waals surface area contributed by atoms with E-state index in [0.717, 1.165) is 44.3 Å². The van der Waals surface area contributed by atoms with E-state index < -0.39 is 0 Å². The molecule has 0 aliphatic rings. The van der Waals surface area contributed by atoms with Crippen molar-refractivity contribution in [3.05, 3.63) is 119 Å². The Balaban J connectivity index is 1.38. The first-order valence-electron chi connectivity index (χ1n) is 12.7. The molecule has 1 N–H and O–H groups in total. The smallest absolute Gasteiger partial charge is 0.265 e. The van der Waals surface area contributed by atoms with Gasteiger partial charge in [-0.25, -0.2) is 9.97 Å². The van der Waals surface area contributed by atoms with Gasteiger partial charge in [-0.3, -0.25) is 18.7 Å². The SMILES string of the molecule is Cc1cc2ncn(C(=O)c3ccccc3Nc3ccccc3C(=O)n3cnc4cc(C)c(C)cc43)c2cc1C. The van der Waals surface area contributed by atoms with Gasteiger partial charge in [0, 0.05) is 0 Å². The van der Waals surface area contributed by atoms with Crippen LogP contribution in [0.5, 0.6) is 0 Å². The highest BCUT2D eigenvalue weighted by Crippen LogP contribution is 2.28. The van der Waals surface area contributed by atoms with Gasteiger partial charge in [0.05, 0.1) is 44.6 Å². The highest BCUT2D eigenvalue weighted by molar-refractivity contribution is 6.08. The molecule has 0 fully saturated rings. The predicted molar refractivity (Wildman–Crippen MR) is 154 cm³/mol. The number of para-hydroxylation sites is 2. The van der Waals surface area contributed by atoms with Crippen LogP contribution < -0.4 is 5.32 Å². The van der Waals surface area contributed by atoms with Crippen molar-refractivity contribution in [2.24, 2.45) is 0 Å². The molecule has 0 atom stereocenters. The number of aromatic nitrogens is 4. The van der Waals surface area contributed by atoms with Crippen molar-refractivity contribution < 1.29 is 9.59 Å². The third kappa shape index (κ3) is 4.18. The predicted octanol–water partition coefficient (Wildman–Crippen LogP) is 6.74. The Labute approximate surface area is 225 Å². The number of hydrogen-bond acceptors (Lipinski definition) is 5. The number of aryl methyl sites for hydroxylation is 4. The van der Waals surface area contributed by atoms with Crippen molar-refractivity contribution >= 4 is 45.3 Å². The first-order valence-corrected chi connectivity index (χ1v) is 12.7. The molecular formula is C32H27N5O2. The van der Waals surface area contributed by atoms with Gasteiger partial charge in [-0.2, -0.15) is 0 Å². The number of imidazole rings is 2. The molecule has 0 saturated carbocycles. The maximum Gasteiger partial charge on any atom is 0.265 e. The van der Waals surface area contributed by atoms with Crippen LogP contribution in [-0.2, 0) is 0 Å². The topological polar surface area (TPSA) is 81.8 Å². The number of benzene rings is 4. The second kappa shape index (κ2) is 9.36. The zero-order valence-electron chi connectivity index (χ0n) is 22.2. The normalized spacial score (nSPS) is 11.3. The number of nitrogens with one attached hydrogen (secondary N) is 1. The van der Waals surface area contributed by atoms with E-state index in [-0.39, 0.29) is 11.8 Å². The number of carbonyl (C=O) groups is 2. The van der Waals surface area contributed by atoms with Crippen LogP contribution in [0.2, 0.25) is 0 Å². The highest BCUT2D eigenvalue weighted by atomic mass is 16.2. The second-order valence-electron chi connectivity index (χ2n) is 9.91. The lowest BCUT2D eigenvalue weighted by molar-refractivity contribution is 0.0957. The summed E-state index contributed by atoms with van der Waals surface area (Å²) in [7, 11) is 0. The van der Waals surface area contributed by atoms with Crippen molar-refractivity contribution in [1.29, 1.82) is 0 Å². The van der Waals surface area contributed by atoms with Crippen LogP contribution in [0.1, 0.15) is 43.0 Å². The molecule has 4 aromatic carbocycles. The molecule has 2 aromatic heterocycles. The standard InChI is InChI=1S/C32H27N5O2/c1-19-13-27-29(15-21(19)3)36(17-33-27)31(38)23-9-5-7-11-25(23)35-26-12-8-6-10-24(26)32(39)37-18-34-28-14-20(2)22(4)16-30(28)37/h5-18,35H,1-4H3. The summed E-state index contributed by atoms with van der Waals surface area (Å²) in [5.41, 5.74) is 9.60. The van der Waals surface area contributed by atoms with Crippen LogP contribution in [0, 0.1) is 27.7 Å². The Morgan fingerprint density at radius 3 is 1.41 bits per heavy atom. The number of anilines is 2. The molecule has 0 saturated heterocycles. The Hall–Kier alpha value is -5.04. The summed E-state index contributed by atoms with van der Waals surface area (Å²) in [5.74, 6) is -0.418. The summed E-state index contributed by atoms with van der Waals surface area (Å²) in [6.07, 6.45) is 3.13. The van der Waals surface area contributed by atoms with E-state index in [9.17, 15) is 9.59 Å². The fraction of sp³-hybridized carbons (Fsp3) is 0.125. The molecule has 0 bridgehead atoms. The third-order valence-electron chi connectivity index (χ3n) is 7.35. The molecule has 6 rings (SSSR count). The van der Waals surface area contributed by atoms with E-state index >= 15 is 0 Å². The number of fused-ring (bicyclic) bond motifs is 2. The van der Waals surface area contributed by atoms with Crippen molar-refractivity contribution in [1.82, 2.24) is 19.1 Å². The largest absolute Gasteiger partial charge is 0.354 e. The van der Waals surface area contributed by atoms with Gasteiger partial charge in [0.15, 0.2) is 0 Å². The zero-order chi connectivity index (χ0) is 27.3. The monoisotopic (exact) mass is 513 g/mol. The fourth-order valence-electron chi connectivity index (χ4n) is 4.81. The molecule has 39 heavy (non-hydrogen) atoms. The molecule has 0 aliphatic carbocycles. The van der Waals surface area contributed by atoms with E-state index in [1.165, 1.54) is 0 Å². The first-order chi connectivity index (χ1) is 18.8. The lowest BCUT2D eigenvalue weighted by atomic mass is 10.1. The summed E-state index contributed by atoms with van der Waals surface area (Å²) in [6.45, 7) is 8.10. The molecular weight excluding hydrogens is 486 g/mol. The lowest BCUT2D eigenvalue weighted by Crippen LogP contribution is -2.15. The van der Waals surface area contributed by atoms with E-state index in [4.69, 9.17) is 0 Å². The van der Waals surface area contributed by atoms with Gasteiger partial charge in [-0.1, -0.05) is 24.3 Å². The van der Waals surface area contributed by atoms with Gasteiger partial charge in [0.1, 0.15) is 12.7 Å². The second-order valence-corrected chi connectivity index (χ2v) is 9.91. The van der Waals surface area contributed by atoms with Gasteiger partial charge in [0.2, 0.25) is 0 Å². The average molecular weight is 514 g/mol. The van der Waals surface area contributed by atoms with E-state index in [0.29, 0.717) is 22.5 Å². The summed E-state index contributed by atoms with van der Waals surface area (Å²) in [6, 6.07) is 22.5. The van der Waals surface area contributed by atoms with Crippen molar-refractivity contribution in [3.63, 3.8) is 0 Å². The van der Waals surface area contributed by atoms with Crippen LogP contribution in [-0.4, -0.2) is 30.9 Å². The first kappa shape index (κ1) is 24.3.